The van der Waals surface area contributed by atoms with E-state index in [0.717, 1.165) is 18.8 Å². The molecule has 0 aromatic rings. The number of nitrogens with zero attached hydrogens (tertiary/aromatic N) is 2. The SMILES string of the molecule is CCC1=NC2(CCC(C(=O)O)CC2)C(=O)N1CC1CC1. The molecule has 2 aliphatic carbocycles. The molecule has 2 saturated carbocycles. The van der Waals surface area contributed by atoms with Gasteiger partial charge in [0.25, 0.3) is 5.91 Å². The first-order valence-electron chi connectivity index (χ1n) is 7.69. The summed E-state index contributed by atoms with van der Waals surface area (Å²) in [5, 5.41) is 9.08. The molecule has 110 valence electrons. The van der Waals surface area contributed by atoms with E-state index in [1.54, 1.807) is 0 Å². The lowest BCUT2D eigenvalue weighted by Gasteiger charge is -2.32. The standard InChI is InChI=1S/C15H22N2O3/c1-2-12-16-15(7-5-11(6-8-15)13(18)19)14(20)17(12)9-10-3-4-10/h10-11H,2-9H2,1H3,(H,18,19). The number of amides is 1. The second-order valence-corrected chi connectivity index (χ2v) is 6.38. The van der Waals surface area contributed by atoms with E-state index in [2.05, 4.69) is 0 Å². The number of hydrogen-bond donors (Lipinski definition) is 1. The summed E-state index contributed by atoms with van der Waals surface area (Å²) in [6.07, 6.45) is 5.53. The zero-order valence-electron chi connectivity index (χ0n) is 12.0. The molecule has 1 N–H and O–H groups in total. The Balaban J connectivity index is 1.75. The van der Waals surface area contributed by atoms with Crippen LogP contribution in [0.1, 0.15) is 51.9 Å². The van der Waals surface area contributed by atoms with E-state index >= 15 is 0 Å². The summed E-state index contributed by atoms with van der Waals surface area (Å²) in [5.41, 5.74) is -0.633. The third-order valence-electron chi connectivity index (χ3n) is 4.91. The quantitative estimate of drug-likeness (QED) is 0.855. The highest BCUT2D eigenvalue weighted by Gasteiger charge is 2.50. The Morgan fingerprint density at radius 1 is 1.35 bits per heavy atom. The van der Waals surface area contributed by atoms with Crippen LogP contribution in [-0.2, 0) is 9.59 Å². The van der Waals surface area contributed by atoms with E-state index in [-0.39, 0.29) is 11.8 Å². The van der Waals surface area contributed by atoms with Crippen LogP contribution < -0.4 is 0 Å². The van der Waals surface area contributed by atoms with Crippen LogP contribution in [0.4, 0.5) is 0 Å². The maximum absolute atomic E-state index is 12.8. The Morgan fingerprint density at radius 3 is 2.50 bits per heavy atom. The smallest absolute Gasteiger partial charge is 0.306 e. The molecule has 5 nitrogen and oxygen atoms in total. The van der Waals surface area contributed by atoms with Crippen molar-refractivity contribution in [3.8, 4) is 0 Å². The van der Waals surface area contributed by atoms with Crippen molar-refractivity contribution < 1.29 is 14.7 Å². The summed E-state index contributed by atoms with van der Waals surface area (Å²) >= 11 is 0. The molecule has 0 saturated heterocycles. The molecule has 0 aromatic heterocycles. The fourth-order valence-corrected chi connectivity index (χ4v) is 3.41. The molecule has 1 amide bonds. The summed E-state index contributed by atoms with van der Waals surface area (Å²) in [4.78, 5) is 30.4. The third kappa shape index (κ3) is 2.23. The first-order valence-corrected chi connectivity index (χ1v) is 7.69. The van der Waals surface area contributed by atoms with Crippen molar-refractivity contribution in [1.29, 1.82) is 0 Å². The van der Waals surface area contributed by atoms with Crippen LogP contribution in [0.3, 0.4) is 0 Å². The number of amidine groups is 1. The van der Waals surface area contributed by atoms with Gasteiger partial charge in [0.15, 0.2) is 0 Å². The lowest BCUT2D eigenvalue weighted by atomic mass is 9.76. The van der Waals surface area contributed by atoms with Crippen molar-refractivity contribution in [2.75, 3.05) is 6.54 Å². The number of carbonyl (C=O) groups excluding carboxylic acids is 1. The Morgan fingerprint density at radius 2 is 2.00 bits per heavy atom. The molecular weight excluding hydrogens is 256 g/mol. The van der Waals surface area contributed by atoms with Crippen LogP contribution in [0.15, 0.2) is 4.99 Å². The molecule has 20 heavy (non-hydrogen) atoms. The molecule has 3 aliphatic rings. The third-order valence-corrected chi connectivity index (χ3v) is 4.91. The number of aliphatic imine (C=N–C) groups is 1. The second-order valence-electron chi connectivity index (χ2n) is 6.38. The molecule has 1 heterocycles. The van der Waals surface area contributed by atoms with Crippen LogP contribution in [-0.4, -0.2) is 39.8 Å². The van der Waals surface area contributed by atoms with Crippen LogP contribution in [0.5, 0.6) is 0 Å². The van der Waals surface area contributed by atoms with Gasteiger partial charge in [0.2, 0.25) is 0 Å². The molecule has 5 heteroatoms. The lowest BCUT2D eigenvalue weighted by Crippen LogP contribution is -2.46. The summed E-state index contributed by atoms with van der Waals surface area (Å²) in [6, 6.07) is 0. The van der Waals surface area contributed by atoms with Crippen molar-refractivity contribution in [2.45, 2.75) is 57.4 Å². The lowest BCUT2D eigenvalue weighted by molar-refractivity contribution is -0.145. The van der Waals surface area contributed by atoms with Gasteiger partial charge in [0.1, 0.15) is 11.4 Å². The Bertz CT molecular complexity index is 460. The monoisotopic (exact) mass is 278 g/mol. The molecule has 0 radical (unpaired) electrons. The van der Waals surface area contributed by atoms with E-state index in [9.17, 15) is 9.59 Å². The minimum absolute atomic E-state index is 0.130. The van der Waals surface area contributed by atoms with Crippen LogP contribution in [0, 0.1) is 11.8 Å². The molecule has 0 atom stereocenters. The molecule has 3 rings (SSSR count). The number of aliphatic carboxylic acids is 1. The van der Waals surface area contributed by atoms with Gasteiger partial charge in [-0.3, -0.25) is 19.5 Å². The van der Waals surface area contributed by atoms with Gasteiger partial charge < -0.3 is 5.11 Å². The van der Waals surface area contributed by atoms with Gasteiger partial charge in [0, 0.05) is 13.0 Å². The summed E-state index contributed by atoms with van der Waals surface area (Å²) in [6.45, 7) is 2.85. The van der Waals surface area contributed by atoms with E-state index in [1.165, 1.54) is 12.8 Å². The van der Waals surface area contributed by atoms with Crippen molar-refractivity contribution in [3.63, 3.8) is 0 Å². The van der Waals surface area contributed by atoms with E-state index in [1.807, 2.05) is 11.8 Å². The zero-order valence-corrected chi connectivity index (χ0v) is 12.0. The number of carboxylic acid groups (broad SMARTS) is 1. The number of hydrogen-bond acceptors (Lipinski definition) is 3. The van der Waals surface area contributed by atoms with E-state index in [4.69, 9.17) is 10.1 Å². The van der Waals surface area contributed by atoms with Crippen LogP contribution >= 0.6 is 0 Å². The molecule has 1 spiro atoms. The minimum atomic E-state index is -0.736. The van der Waals surface area contributed by atoms with Gasteiger partial charge in [-0.25, -0.2) is 0 Å². The van der Waals surface area contributed by atoms with Gasteiger partial charge >= 0.3 is 5.97 Å². The fourth-order valence-electron chi connectivity index (χ4n) is 3.41. The predicted octanol–water partition coefficient (Wildman–Crippen LogP) is 2.06. The summed E-state index contributed by atoms with van der Waals surface area (Å²) < 4.78 is 0. The van der Waals surface area contributed by atoms with Gasteiger partial charge in [-0.05, 0) is 44.4 Å². The molecule has 1 aliphatic heterocycles. The fraction of sp³-hybridized carbons (Fsp3) is 0.800. The van der Waals surface area contributed by atoms with Crippen LogP contribution in [0.2, 0.25) is 0 Å². The van der Waals surface area contributed by atoms with Crippen molar-refractivity contribution in [1.82, 2.24) is 4.90 Å². The van der Waals surface area contributed by atoms with E-state index in [0.29, 0.717) is 31.6 Å². The topological polar surface area (TPSA) is 70.0 Å². The van der Waals surface area contributed by atoms with Gasteiger partial charge in [-0.1, -0.05) is 6.92 Å². The van der Waals surface area contributed by atoms with Gasteiger partial charge in [-0.2, -0.15) is 0 Å². The maximum atomic E-state index is 12.8. The minimum Gasteiger partial charge on any atom is -0.481 e. The molecule has 2 fully saturated rings. The normalized spacial score (nSPS) is 33.6. The molecular formula is C15H22N2O3. The highest BCUT2D eigenvalue weighted by Crippen LogP contribution is 2.41. The van der Waals surface area contributed by atoms with E-state index < -0.39 is 11.5 Å². The number of carboxylic acids is 1. The first kappa shape index (κ1) is 13.6. The predicted molar refractivity (Wildman–Crippen MR) is 74.5 cm³/mol. The molecule has 0 bridgehead atoms. The highest BCUT2D eigenvalue weighted by atomic mass is 16.4. The average Bonchev–Trinajstić information content (AvgIpc) is 3.22. The average molecular weight is 278 g/mol. The summed E-state index contributed by atoms with van der Waals surface area (Å²) in [5.74, 6) is 0.660. The number of rotatable bonds is 4. The van der Waals surface area contributed by atoms with Crippen molar-refractivity contribution in [3.05, 3.63) is 0 Å². The Kier molecular flexibility index (Phi) is 3.30. The number of carbonyl (C=O) groups is 2. The largest absolute Gasteiger partial charge is 0.481 e. The molecule has 0 unspecified atom stereocenters. The second kappa shape index (κ2) is 4.86. The van der Waals surface area contributed by atoms with Gasteiger partial charge in [0.05, 0.1) is 5.92 Å². The first-order chi connectivity index (χ1) is 9.55. The Hall–Kier alpha value is -1.39. The Labute approximate surface area is 119 Å². The maximum Gasteiger partial charge on any atom is 0.306 e. The van der Waals surface area contributed by atoms with Crippen LogP contribution in [0.25, 0.3) is 0 Å². The zero-order chi connectivity index (χ0) is 14.3. The highest BCUT2D eigenvalue weighted by molar-refractivity contribution is 6.08. The molecule has 0 aromatic carbocycles. The summed E-state index contributed by atoms with van der Waals surface area (Å²) in [7, 11) is 0. The van der Waals surface area contributed by atoms with Gasteiger partial charge in [-0.15, -0.1) is 0 Å². The van der Waals surface area contributed by atoms with Crippen molar-refractivity contribution in [2.24, 2.45) is 16.8 Å². The van der Waals surface area contributed by atoms with Crippen molar-refractivity contribution >= 4 is 17.7 Å².